The van der Waals surface area contributed by atoms with Crippen LogP contribution >= 0.6 is 0 Å². The fourth-order valence-electron chi connectivity index (χ4n) is 1.16. The van der Waals surface area contributed by atoms with Gasteiger partial charge >= 0.3 is 0 Å². The Morgan fingerprint density at radius 2 is 2.15 bits per heavy atom. The average molecular weight is 182 g/mol. The largest absolute Gasteiger partial charge is 0.337 e. The molecule has 0 spiro atoms. The van der Waals surface area contributed by atoms with Gasteiger partial charge in [0.1, 0.15) is 0 Å². The van der Waals surface area contributed by atoms with Crippen molar-refractivity contribution in [2.75, 3.05) is 19.6 Å². The van der Waals surface area contributed by atoms with E-state index in [1.54, 1.807) is 0 Å². The smallest absolute Gasteiger partial charge is 0.0945 e. The van der Waals surface area contributed by atoms with Crippen molar-refractivity contribution < 1.29 is 0 Å². The van der Waals surface area contributed by atoms with E-state index in [1.807, 2.05) is 18.7 Å². The van der Waals surface area contributed by atoms with Gasteiger partial charge in [-0.2, -0.15) is 0 Å². The first-order valence-corrected chi connectivity index (χ1v) is 4.80. The number of nitrogens with two attached hydrogens (primary N) is 1. The van der Waals surface area contributed by atoms with Crippen molar-refractivity contribution in [1.29, 1.82) is 0 Å². The minimum absolute atomic E-state index is 0.772. The fourth-order valence-corrected chi connectivity index (χ4v) is 1.16. The molecule has 0 aromatic carbocycles. The molecule has 4 heteroatoms. The number of aromatic nitrogens is 2. The summed E-state index contributed by atoms with van der Waals surface area (Å²) in [7, 11) is 0. The van der Waals surface area contributed by atoms with Crippen LogP contribution in [0.1, 0.15) is 12.8 Å². The summed E-state index contributed by atoms with van der Waals surface area (Å²) < 4.78 is 2.09. The van der Waals surface area contributed by atoms with E-state index in [0.717, 1.165) is 39.0 Å². The Balaban J connectivity index is 1.90. The third kappa shape index (κ3) is 4.65. The first kappa shape index (κ1) is 10.2. The fraction of sp³-hybridized carbons (Fsp3) is 0.667. The number of rotatable bonds is 7. The first-order chi connectivity index (χ1) is 6.43. The van der Waals surface area contributed by atoms with Gasteiger partial charge in [-0.25, -0.2) is 4.98 Å². The molecule has 0 saturated heterocycles. The van der Waals surface area contributed by atoms with E-state index in [4.69, 9.17) is 5.73 Å². The summed E-state index contributed by atoms with van der Waals surface area (Å²) in [5.41, 5.74) is 5.37. The molecule has 1 rings (SSSR count). The van der Waals surface area contributed by atoms with E-state index in [2.05, 4.69) is 14.9 Å². The Kier molecular flexibility index (Phi) is 5.20. The maximum atomic E-state index is 5.37. The molecule has 0 unspecified atom stereocenters. The molecule has 0 saturated carbocycles. The molecule has 1 aromatic heterocycles. The summed E-state index contributed by atoms with van der Waals surface area (Å²) in [5, 5.41) is 3.34. The summed E-state index contributed by atoms with van der Waals surface area (Å²) in [6.07, 6.45) is 7.84. The maximum Gasteiger partial charge on any atom is 0.0945 e. The predicted octanol–water partition coefficient (Wildman–Crippen LogP) is 0.212. The topological polar surface area (TPSA) is 55.9 Å². The van der Waals surface area contributed by atoms with Crippen molar-refractivity contribution in [3.05, 3.63) is 18.7 Å². The van der Waals surface area contributed by atoms with E-state index in [0.29, 0.717) is 0 Å². The maximum absolute atomic E-state index is 5.37. The van der Waals surface area contributed by atoms with Crippen LogP contribution in [0.25, 0.3) is 0 Å². The second-order valence-corrected chi connectivity index (χ2v) is 3.05. The number of imidazole rings is 1. The van der Waals surface area contributed by atoms with Gasteiger partial charge in [-0.3, -0.25) is 0 Å². The summed E-state index contributed by atoms with van der Waals surface area (Å²) in [4.78, 5) is 3.98. The quantitative estimate of drug-likeness (QED) is 0.593. The molecule has 1 heterocycles. The molecule has 3 N–H and O–H groups in total. The van der Waals surface area contributed by atoms with Crippen molar-refractivity contribution >= 4 is 0 Å². The lowest BCUT2D eigenvalue weighted by molar-refractivity contribution is 0.573. The number of hydrogen-bond acceptors (Lipinski definition) is 3. The van der Waals surface area contributed by atoms with Gasteiger partial charge in [0, 0.05) is 18.9 Å². The Labute approximate surface area is 79.1 Å². The highest BCUT2D eigenvalue weighted by atomic mass is 15.0. The van der Waals surface area contributed by atoms with Crippen LogP contribution in [0.5, 0.6) is 0 Å². The van der Waals surface area contributed by atoms with Crippen molar-refractivity contribution in [3.8, 4) is 0 Å². The van der Waals surface area contributed by atoms with Gasteiger partial charge in [-0.15, -0.1) is 0 Å². The highest BCUT2D eigenvalue weighted by Gasteiger charge is 1.89. The lowest BCUT2D eigenvalue weighted by atomic mass is 10.4. The number of nitrogens with zero attached hydrogens (tertiary/aromatic N) is 2. The zero-order valence-electron chi connectivity index (χ0n) is 7.95. The van der Waals surface area contributed by atoms with Crippen LogP contribution in [-0.2, 0) is 6.54 Å². The van der Waals surface area contributed by atoms with Gasteiger partial charge in [-0.1, -0.05) is 0 Å². The van der Waals surface area contributed by atoms with E-state index in [-0.39, 0.29) is 0 Å². The molecule has 1 aromatic rings. The summed E-state index contributed by atoms with van der Waals surface area (Å²) in [6, 6.07) is 0. The van der Waals surface area contributed by atoms with Crippen molar-refractivity contribution in [2.45, 2.75) is 19.4 Å². The predicted molar refractivity (Wildman–Crippen MR) is 53.4 cm³/mol. The second-order valence-electron chi connectivity index (χ2n) is 3.05. The molecular weight excluding hydrogens is 164 g/mol. The summed E-state index contributed by atoms with van der Waals surface area (Å²) >= 11 is 0. The lowest BCUT2D eigenvalue weighted by Gasteiger charge is -2.03. The van der Waals surface area contributed by atoms with Crippen LogP contribution in [-0.4, -0.2) is 29.2 Å². The molecule has 0 aliphatic rings. The molecule has 4 nitrogen and oxygen atoms in total. The number of hydrogen-bond donors (Lipinski definition) is 2. The standard InChI is InChI=1S/C9H18N4/c10-3-1-4-11-5-2-7-13-8-6-12-9-13/h6,8-9,11H,1-5,7,10H2. The van der Waals surface area contributed by atoms with E-state index < -0.39 is 0 Å². The van der Waals surface area contributed by atoms with Crippen molar-refractivity contribution in [1.82, 2.24) is 14.9 Å². The SMILES string of the molecule is NCCCNCCCn1ccnc1. The monoisotopic (exact) mass is 182 g/mol. The van der Waals surface area contributed by atoms with Gasteiger partial charge in [-0.05, 0) is 32.5 Å². The number of aryl methyl sites for hydroxylation is 1. The van der Waals surface area contributed by atoms with Crippen LogP contribution < -0.4 is 11.1 Å². The van der Waals surface area contributed by atoms with Crippen molar-refractivity contribution in [2.24, 2.45) is 5.73 Å². The molecule has 74 valence electrons. The van der Waals surface area contributed by atoms with Crippen LogP contribution in [0.2, 0.25) is 0 Å². The lowest BCUT2D eigenvalue weighted by Crippen LogP contribution is -2.20. The van der Waals surface area contributed by atoms with E-state index in [9.17, 15) is 0 Å². The highest BCUT2D eigenvalue weighted by molar-refractivity contribution is 4.73. The second kappa shape index (κ2) is 6.62. The molecule has 0 fully saturated rings. The molecule has 13 heavy (non-hydrogen) atoms. The normalized spacial score (nSPS) is 10.5. The Bertz CT molecular complexity index is 195. The Morgan fingerprint density at radius 1 is 1.31 bits per heavy atom. The molecule has 0 aliphatic heterocycles. The van der Waals surface area contributed by atoms with Gasteiger partial charge in [0.25, 0.3) is 0 Å². The molecule has 0 radical (unpaired) electrons. The Morgan fingerprint density at radius 3 is 2.85 bits per heavy atom. The highest BCUT2D eigenvalue weighted by Crippen LogP contribution is 1.88. The van der Waals surface area contributed by atoms with Crippen LogP contribution in [0.15, 0.2) is 18.7 Å². The zero-order chi connectivity index (χ0) is 9.36. The van der Waals surface area contributed by atoms with Crippen LogP contribution in [0.3, 0.4) is 0 Å². The van der Waals surface area contributed by atoms with Crippen molar-refractivity contribution in [3.63, 3.8) is 0 Å². The molecule has 0 atom stereocenters. The van der Waals surface area contributed by atoms with Gasteiger partial charge in [0.2, 0.25) is 0 Å². The van der Waals surface area contributed by atoms with Gasteiger partial charge in [0.15, 0.2) is 0 Å². The van der Waals surface area contributed by atoms with Crippen LogP contribution in [0.4, 0.5) is 0 Å². The zero-order valence-corrected chi connectivity index (χ0v) is 7.95. The average Bonchev–Trinajstić information content (AvgIpc) is 2.63. The van der Waals surface area contributed by atoms with Gasteiger partial charge in [0.05, 0.1) is 6.33 Å². The molecule has 0 amide bonds. The third-order valence-corrected chi connectivity index (χ3v) is 1.89. The molecular formula is C9H18N4. The summed E-state index contributed by atoms with van der Waals surface area (Å²) in [6.45, 7) is 3.89. The molecule has 0 aliphatic carbocycles. The Hall–Kier alpha value is -0.870. The summed E-state index contributed by atoms with van der Waals surface area (Å²) in [5.74, 6) is 0. The van der Waals surface area contributed by atoms with E-state index in [1.165, 1.54) is 0 Å². The van der Waals surface area contributed by atoms with Gasteiger partial charge < -0.3 is 15.6 Å². The first-order valence-electron chi connectivity index (χ1n) is 4.80. The van der Waals surface area contributed by atoms with Crippen LogP contribution in [0, 0.1) is 0 Å². The minimum Gasteiger partial charge on any atom is -0.337 e. The van der Waals surface area contributed by atoms with E-state index >= 15 is 0 Å². The minimum atomic E-state index is 0.772. The number of nitrogens with one attached hydrogen (secondary N) is 1. The third-order valence-electron chi connectivity index (χ3n) is 1.89. The molecule has 0 bridgehead atoms.